The highest BCUT2D eigenvalue weighted by Gasteiger charge is 2.22. The maximum Gasteiger partial charge on any atom is 0.251 e. The second-order valence-electron chi connectivity index (χ2n) is 6.36. The van der Waals surface area contributed by atoms with E-state index in [1.807, 2.05) is 25.1 Å². The minimum atomic E-state index is -3.66. The minimum absolute atomic E-state index is 0.0511. The molecule has 2 amide bonds. The van der Waals surface area contributed by atoms with Crippen molar-refractivity contribution in [3.05, 3.63) is 59.7 Å². The Balaban J connectivity index is 2.05. The maximum absolute atomic E-state index is 12.6. The predicted octanol–water partition coefficient (Wildman–Crippen LogP) is 2.65. The highest BCUT2D eigenvalue weighted by Crippen LogP contribution is 2.17. The minimum Gasteiger partial charge on any atom is -0.343 e. The molecule has 2 rings (SSSR count). The van der Waals surface area contributed by atoms with Crippen LogP contribution in [0.15, 0.2) is 53.4 Å². The first-order valence-electron chi connectivity index (χ1n) is 9.59. The van der Waals surface area contributed by atoms with Gasteiger partial charge in [0.25, 0.3) is 5.91 Å². The summed E-state index contributed by atoms with van der Waals surface area (Å²) in [5, 5.41) is 5.31. The second-order valence-corrected chi connectivity index (χ2v) is 8.30. The van der Waals surface area contributed by atoms with Gasteiger partial charge >= 0.3 is 0 Å². The molecule has 156 valence electrons. The summed E-state index contributed by atoms with van der Waals surface area (Å²) in [5.74, 6) is -0.869. The molecular formula is C21H27N3O4S. The van der Waals surface area contributed by atoms with E-state index in [-0.39, 0.29) is 22.9 Å². The van der Waals surface area contributed by atoms with Gasteiger partial charge in [0.1, 0.15) is 0 Å². The van der Waals surface area contributed by atoms with E-state index in [9.17, 15) is 18.0 Å². The summed E-state index contributed by atoms with van der Waals surface area (Å²) in [4.78, 5) is 24.6. The number of hydrogen-bond acceptors (Lipinski definition) is 4. The van der Waals surface area contributed by atoms with Crippen molar-refractivity contribution in [3.63, 3.8) is 0 Å². The number of anilines is 1. The van der Waals surface area contributed by atoms with Gasteiger partial charge in [0.2, 0.25) is 15.9 Å². The summed E-state index contributed by atoms with van der Waals surface area (Å²) in [6, 6.07) is 13.3. The number of benzene rings is 2. The molecule has 0 heterocycles. The third kappa shape index (κ3) is 5.65. The van der Waals surface area contributed by atoms with Crippen LogP contribution in [0.3, 0.4) is 0 Å². The number of hydrogen-bond donors (Lipinski definition) is 2. The lowest BCUT2D eigenvalue weighted by molar-refractivity contribution is -0.115. The van der Waals surface area contributed by atoms with Gasteiger partial charge in [-0.1, -0.05) is 45.0 Å². The van der Waals surface area contributed by atoms with Gasteiger partial charge in [-0.25, -0.2) is 8.42 Å². The molecule has 0 atom stereocenters. The van der Waals surface area contributed by atoms with E-state index in [2.05, 4.69) is 10.6 Å². The van der Waals surface area contributed by atoms with Gasteiger partial charge < -0.3 is 10.6 Å². The molecular weight excluding hydrogens is 390 g/mol. The lowest BCUT2D eigenvalue weighted by Crippen LogP contribution is -2.33. The van der Waals surface area contributed by atoms with E-state index in [0.29, 0.717) is 18.8 Å². The number of nitrogens with one attached hydrogen (secondary N) is 2. The van der Waals surface area contributed by atoms with Crippen molar-refractivity contribution in [1.29, 1.82) is 0 Å². The zero-order valence-corrected chi connectivity index (χ0v) is 17.8. The van der Waals surface area contributed by atoms with Gasteiger partial charge in [0.05, 0.1) is 11.4 Å². The lowest BCUT2D eigenvalue weighted by Gasteiger charge is -2.18. The molecule has 0 spiro atoms. The van der Waals surface area contributed by atoms with Gasteiger partial charge in [-0.2, -0.15) is 4.31 Å². The molecule has 0 radical (unpaired) electrons. The third-order valence-electron chi connectivity index (χ3n) is 4.52. The molecule has 0 saturated carbocycles. The molecule has 29 heavy (non-hydrogen) atoms. The highest BCUT2D eigenvalue weighted by atomic mass is 32.2. The van der Waals surface area contributed by atoms with Crippen LogP contribution in [0.5, 0.6) is 0 Å². The number of carbonyl (C=O) groups is 2. The normalized spacial score (nSPS) is 11.3. The van der Waals surface area contributed by atoms with Crippen LogP contribution in [0.2, 0.25) is 0 Å². The van der Waals surface area contributed by atoms with Crippen molar-refractivity contribution in [2.45, 2.75) is 32.1 Å². The van der Waals surface area contributed by atoms with Gasteiger partial charge in [-0.3, -0.25) is 9.59 Å². The van der Waals surface area contributed by atoms with Crippen LogP contribution in [0.25, 0.3) is 0 Å². The monoisotopic (exact) mass is 417 g/mol. The summed E-state index contributed by atoms with van der Waals surface area (Å²) >= 11 is 0. The standard InChI is InChI=1S/C21H27N3O4S/c1-4-16-10-7-8-13-19(16)23-20(25)15-22-21(26)17-11-9-12-18(14-17)29(27,28)24(5-2)6-3/h7-14H,4-6,15H2,1-3H3,(H,22,26)(H,23,25). The van der Waals surface area contributed by atoms with Crippen LogP contribution in [-0.4, -0.2) is 44.2 Å². The molecule has 0 fully saturated rings. The number of para-hydroxylation sites is 1. The average Bonchev–Trinajstić information content (AvgIpc) is 2.73. The Morgan fingerprint density at radius 3 is 2.31 bits per heavy atom. The molecule has 2 aromatic rings. The molecule has 0 unspecified atom stereocenters. The van der Waals surface area contributed by atoms with Gasteiger partial charge in [-0.15, -0.1) is 0 Å². The smallest absolute Gasteiger partial charge is 0.251 e. The van der Waals surface area contributed by atoms with E-state index < -0.39 is 15.9 Å². The Hall–Kier alpha value is -2.71. The van der Waals surface area contributed by atoms with Crippen molar-refractivity contribution in [2.24, 2.45) is 0 Å². The number of carbonyl (C=O) groups excluding carboxylic acids is 2. The summed E-state index contributed by atoms with van der Waals surface area (Å²) in [6.07, 6.45) is 0.774. The van der Waals surface area contributed by atoms with Crippen molar-refractivity contribution < 1.29 is 18.0 Å². The SMILES string of the molecule is CCc1ccccc1NC(=O)CNC(=O)c1cccc(S(=O)(=O)N(CC)CC)c1. The quantitative estimate of drug-likeness (QED) is 0.656. The molecule has 0 aliphatic carbocycles. The fraction of sp³-hybridized carbons (Fsp3) is 0.333. The molecule has 0 aliphatic rings. The van der Waals surface area contributed by atoms with Crippen molar-refractivity contribution in [2.75, 3.05) is 25.0 Å². The third-order valence-corrected chi connectivity index (χ3v) is 6.57. The van der Waals surface area contributed by atoms with Crippen LogP contribution in [0.1, 0.15) is 36.7 Å². The Morgan fingerprint density at radius 2 is 1.66 bits per heavy atom. The molecule has 2 N–H and O–H groups in total. The van der Waals surface area contributed by atoms with E-state index >= 15 is 0 Å². The van der Waals surface area contributed by atoms with Crippen LogP contribution in [0.4, 0.5) is 5.69 Å². The molecule has 0 aromatic heterocycles. The van der Waals surface area contributed by atoms with Crippen molar-refractivity contribution >= 4 is 27.5 Å². The van der Waals surface area contributed by atoms with Crippen LogP contribution in [0, 0.1) is 0 Å². The fourth-order valence-electron chi connectivity index (χ4n) is 2.92. The van der Waals surface area contributed by atoms with Crippen molar-refractivity contribution in [1.82, 2.24) is 9.62 Å². The summed E-state index contributed by atoms with van der Waals surface area (Å²) < 4.78 is 26.6. The van der Waals surface area contributed by atoms with Crippen LogP contribution >= 0.6 is 0 Å². The first kappa shape index (κ1) is 22.6. The fourth-order valence-corrected chi connectivity index (χ4v) is 4.42. The zero-order valence-electron chi connectivity index (χ0n) is 16.9. The predicted molar refractivity (Wildman–Crippen MR) is 113 cm³/mol. The number of amides is 2. The summed E-state index contributed by atoms with van der Waals surface area (Å²) in [5.41, 5.74) is 1.89. The summed E-state index contributed by atoms with van der Waals surface area (Å²) in [6.45, 7) is 5.97. The Morgan fingerprint density at radius 1 is 0.966 bits per heavy atom. The molecule has 0 saturated heterocycles. The van der Waals surface area contributed by atoms with Gasteiger partial charge in [-0.05, 0) is 36.2 Å². The van der Waals surface area contributed by atoms with E-state index in [0.717, 1.165) is 12.0 Å². The first-order chi connectivity index (χ1) is 13.8. The van der Waals surface area contributed by atoms with Gasteiger partial charge in [0.15, 0.2) is 0 Å². The first-order valence-corrected chi connectivity index (χ1v) is 11.0. The number of nitrogens with zero attached hydrogens (tertiary/aromatic N) is 1. The Labute approximate surface area is 172 Å². The Kier molecular flexibility index (Phi) is 7.92. The second kappa shape index (κ2) is 10.2. The summed E-state index contributed by atoms with van der Waals surface area (Å²) in [7, 11) is -3.66. The largest absolute Gasteiger partial charge is 0.343 e. The molecule has 8 heteroatoms. The highest BCUT2D eigenvalue weighted by molar-refractivity contribution is 7.89. The van der Waals surface area contributed by atoms with Crippen LogP contribution in [-0.2, 0) is 21.2 Å². The molecule has 7 nitrogen and oxygen atoms in total. The average molecular weight is 418 g/mol. The maximum atomic E-state index is 12.6. The number of sulfonamides is 1. The topological polar surface area (TPSA) is 95.6 Å². The van der Waals surface area contributed by atoms with E-state index in [1.54, 1.807) is 19.9 Å². The van der Waals surface area contributed by atoms with E-state index in [4.69, 9.17) is 0 Å². The number of rotatable bonds is 9. The van der Waals surface area contributed by atoms with E-state index in [1.165, 1.54) is 28.6 Å². The van der Waals surface area contributed by atoms with Gasteiger partial charge in [0, 0.05) is 24.3 Å². The van der Waals surface area contributed by atoms with Crippen LogP contribution < -0.4 is 10.6 Å². The lowest BCUT2D eigenvalue weighted by atomic mass is 10.1. The molecule has 0 bridgehead atoms. The Bertz CT molecular complexity index is 969. The number of aryl methyl sites for hydroxylation is 1. The molecule has 2 aromatic carbocycles. The molecule has 0 aliphatic heterocycles. The van der Waals surface area contributed by atoms with Crippen molar-refractivity contribution in [3.8, 4) is 0 Å². The zero-order chi connectivity index (χ0) is 21.4.